The van der Waals surface area contributed by atoms with E-state index in [4.69, 9.17) is 78.1 Å². The number of rotatable bonds is 4. The number of hydrogen-bond donors (Lipinski definition) is 15. The Morgan fingerprint density at radius 3 is 1.09 bits per heavy atom. The maximum Gasteiger partial charge on any atom is 0.472 e. The third kappa shape index (κ3) is 11.8. The van der Waals surface area contributed by atoms with Crippen molar-refractivity contribution < 1.29 is 113 Å². The van der Waals surface area contributed by atoms with Gasteiger partial charge in [-0.25, -0.2) is 48.2 Å². The lowest BCUT2D eigenvalue weighted by molar-refractivity contribution is -0.0672. The number of phosphoric ester groups is 4. The average Bonchev–Trinajstić information content (AvgIpc) is 1.64. The molecule has 19 N–H and O–H groups in total. The lowest BCUT2D eigenvalue weighted by atomic mass is 10.1. The fourth-order valence-corrected chi connectivity index (χ4v) is 14.5. The summed E-state index contributed by atoms with van der Waals surface area (Å²) >= 11 is 0. The third-order valence-electron chi connectivity index (χ3n) is 14.7. The fraction of sp³-hybridized carbons (Fsp3) is 0.500. The second-order valence-electron chi connectivity index (χ2n) is 20.5. The second-order valence-corrected chi connectivity index (χ2v) is 26.1. The number of imidazole rings is 4. The number of H-pyrrole nitrogens is 3. The SMILES string of the molecule is Nc1nc2c(ncn2[C@@H]2O[C@@H]3COP(=O)(O)O[C@H]4[C@@H](O)[C@H](n5cnc6c(=O)[nH]c(N)nc65)O[C@@H]4COP(=O)(O)O[C@H]3[C@H]2O)c(=O)[nH]1.Nc1nc2c(ncn2[C@@H]2O[C@@H]3COP(=O)(O)O[C@H]4[C@@H](O)[C@H](n5cnc6c(N)ncnc65)O[C@@H]4COP(=O)(O)O[C@@H]2[C@@H]3O)c(=O)[nH]1. The minimum absolute atomic E-state index is 0.0343. The first-order valence-electron chi connectivity index (χ1n) is 26.1. The minimum atomic E-state index is -5.11. The number of aromatic amines is 3. The lowest BCUT2D eigenvalue weighted by Crippen LogP contribution is -2.39. The Morgan fingerprint density at radius 2 is 0.714 bits per heavy atom. The van der Waals surface area contributed by atoms with E-state index in [1.165, 1.54) is 10.9 Å². The Balaban J connectivity index is 0.000000167. The van der Waals surface area contributed by atoms with E-state index in [-0.39, 0.29) is 68.3 Å². The van der Waals surface area contributed by atoms with Gasteiger partial charge in [0, 0.05) is 0 Å². The van der Waals surface area contributed by atoms with E-state index in [0.29, 0.717) is 0 Å². The van der Waals surface area contributed by atoms with Crippen LogP contribution in [-0.4, -0.2) is 218 Å². The third-order valence-corrected chi connectivity index (χ3v) is 18.6. The van der Waals surface area contributed by atoms with Crippen LogP contribution in [0, 0.1) is 0 Å². The molecule has 6 fully saturated rings. The van der Waals surface area contributed by atoms with Gasteiger partial charge in [-0.1, -0.05) is 0 Å². The van der Waals surface area contributed by atoms with Crippen LogP contribution in [0.15, 0.2) is 46.0 Å². The maximum atomic E-state index is 13.2. The topological polar surface area (TPSA) is 679 Å². The Bertz CT molecular complexity index is 4400. The molecule has 14 rings (SSSR count). The van der Waals surface area contributed by atoms with Crippen LogP contribution >= 0.6 is 31.3 Å². The molecule has 0 spiro atoms. The Morgan fingerprint density at radius 1 is 0.407 bits per heavy atom. The molecule has 4 unspecified atom stereocenters. The van der Waals surface area contributed by atoms with E-state index >= 15 is 0 Å². The molecule has 2 bridgehead atoms. The zero-order valence-corrected chi connectivity index (χ0v) is 48.8. The summed E-state index contributed by atoms with van der Waals surface area (Å²) in [5, 5.41) is 44.4. The summed E-state index contributed by atoms with van der Waals surface area (Å²) in [6, 6.07) is 0. The van der Waals surface area contributed by atoms with E-state index in [1.54, 1.807) is 0 Å². The van der Waals surface area contributed by atoms with Crippen LogP contribution in [0.3, 0.4) is 0 Å². The highest BCUT2D eigenvalue weighted by Gasteiger charge is 2.56. The molecule has 0 amide bonds. The van der Waals surface area contributed by atoms with Crippen LogP contribution in [-0.2, 0) is 73.4 Å². The molecule has 91 heavy (non-hydrogen) atoms. The molecule has 20 atom stereocenters. The van der Waals surface area contributed by atoms with Gasteiger partial charge in [0.15, 0.2) is 69.9 Å². The van der Waals surface area contributed by atoms with Crippen molar-refractivity contribution in [2.45, 2.75) is 98.2 Å². The van der Waals surface area contributed by atoms with Gasteiger partial charge in [0.2, 0.25) is 17.8 Å². The number of phosphoric acid groups is 4. The second kappa shape index (κ2) is 23.2. The number of anilines is 4. The summed E-state index contributed by atoms with van der Waals surface area (Å²) in [6.07, 6.45) is -20.1. The van der Waals surface area contributed by atoms with E-state index < -0.39 is 173 Å². The molecule has 0 saturated carbocycles. The molecular weight excluding hydrogens is 1320 g/mol. The Labute approximate surface area is 500 Å². The molecule has 47 nitrogen and oxygen atoms in total. The van der Waals surface area contributed by atoms with Crippen LogP contribution in [0.5, 0.6) is 0 Å². The summed E-state index contributed by atoms with van der Waals surface area (Å²) in [6.45, 7) is -3.39. The van der Waals surface area contributed by atoms with Crippen molar-refractivity contribution in [2.24, 2.45) is 0 Å². The van der Waals surface area contributed by atoms with Crippen molar-refractivity contribution in [3.8, 4) is 0 Å². The van der Waals surface area contributed by atoms with Crippen molar-refractivity contribution in [3.05, 3.63) is 62.7 Å². The molecular formula is C40H48N20O27P4. The lowest BCUT2D eigenvalue weighted by Gasteiger charge is -2.27. The van der Waals surface area contributed by atoms with Crippen LogP contribution < -0.4 is 39.6 Å². The van der Waals surface area contributed by atoms with E-state index in [2.05, 4.69) is 59.8 Å². The predicted molar refractivity (Wildman–Crippen MR) is 290 cm³/mol. The predicted octanol–water partition coefficient (Wildman–Crippen LogP) is -5.39. The summed E-state index contributed by atoms with van der Waals surface area (Å²) < 4.78 is 122. The number of nitrogens with two attached hydrogens (primary N) is 4. The number of fused-ring (bicyclic) bond motifs is 9. The van der Waals surface area contributed by atoms with Gasteiger partial charge in [-0.2, -0.15) is 15.0 Å². The maximum absolute atomic E-state index is 13.2. The molecule has 8 aromatic heterocycles. The van der Waals surface area contributed by atoms with Gasteiger partial charge in [0.1, 0.15) is 85.1 Å². The number of hydrogen-bond acceptors (Lipinski definition) is 36. The van der Waals surface area contributed by atoms with Crippen molar-refractivity contribution in [1.82, 2.24) is 78.1 Å². The molecule has 6 aliphatic heterocycles. The number of nitrogens with zero attached hydrogens (tertiary/aromatic N) is 13. The zero-order valence-electron chi connectivity index (χ0n) is 45.2. The first-order chi connectivity index (χ1) is 43.0. The zero-order chi connectivity index (χ0) is 64.5. The molecule has 8 aromatic rings. The van der Waals surface area contributed by atoms with Crippen LogP contribution in [0.2, 0.25) is 0 Å². The smallest absolute Gasteiger partial charge is 0.387 e. The van der Waals surface area contributed by atoms with Gasteiger partial charge in [-0.05, 0) is 0 Å². The highest BCUT2D eigenvalue weighted by Crippen LogP contribution is 2.56. The highest BCUT2D eigenvalue weighted by atomic mass is 31.2. The highest BCUT2D eigenvalue weighted by molar-refractivity contribution is 7.48. The molecule has 6 saturated heterocycles. The quantitative estimate of drug-likeness (QED) is 0.0732. The van der Waals surface area contributed by atoms with Crippen molar-refractivity contribution in [1.29, 1.82) is 0 Å². The average molecular weight is 1360 g/mol. The number of nitrogens with one attached hydrogen (secondary N) is 3. The fourth-order valence-electron chi connectivity index (χ4n) is 10.7. The van der Waals surface area contributed by atoms with Crippen molar-refractivity contribution in [3.63, 3.8) is 0 Å². The molecule has 51 heteroatoms. The van der Waals surface area contributed by atoms with Gasteiger partial charge in [0.25, 0.3) is 16.7 Å². The molecule has 0 radical (unpaired) electrons. The summed E-state index contributed by atoms with van der Waals surface area (Å²) in [4.78, 5) is 122. The number of aliphatic hydroxyl groups excluding tert-OH is 4. The first-order valence-corrected chi connectivity index (χ1v) is 32.1. The molecule has 0 aromatic carbocycles. The summed E-state index contributed by atoms with van der Waals surface area (Å²) in [5.41, 5.74) is 20.1. The van der Waals surface area contributed by atoms with Gasteiger partial charge >= 0.3 is 31.3 Å². The molecule has 0 aliphatic carbocycles. The van der Waals surface area contributed by atoms with E-state index in [0.717, 1.165) is 39.0 Å². The minimum Gasteiger partial charge on any atom is -0.387 e. The standard InChI is InChI=1S/C20H24N10O14P2.C20H24N10O13P2/c21-19-25-13-7(15(33)27-19)23-3-29(13)17-9(31)11-5(41-17)1-39-45(35,36)44-12-6(2-40-46(37,38)43-11)42-18(10(12)32)30-4-24-8-14(30)26-20(22)28-16(8)34;21-14-8-15(24-3-23-14)29(4-25-8)18-11(32)12-7(41-18)2-39-45(36,37)43-13-10(31)6(1-38-44(34,35)42-12)40-19(13)30-5-26-9-16(30)27-20(22)28-17(9)33/h3-6,9-12,17-18,31-32H,1-2H2,(H,35,36)(H,37,38)(H3,21,25,27,33)(H3,22,26,28,34);3-7,10-13,18-19,31-32H,1-2H2,(H,34,35)(H,36,37)(H2,21,23,24)(H3,22,27,28,33)/t5-,6-,9-,10-,11-,12-,17-,18-;6-,7-,10-,11-,12-,13-,18-,19-/m11/s1. The van der Waals surface area contributed by atoms with Crippen LogP contribution in [0.1, 0.15) is 24.9 Å². The van der Waals surface area contributed by atoms with Gasteiger partial charge < -0.3 is 81.9 Å². The van der Waals surface area contributed by atoms with Gasteiger partial charge in [-0.15, -0.1) is 0 Å². The normalized spacial score (nSPS) is 37.4. The largest absolute Gasteiger partial charge is 0.472 e. The van der Waals surface area contributed by atoms with Crippen molar-refractivity contribution in [2.75, 3.05) is 49.4 Å². The number of ether oxygens (including phenoxy) is 4. The molecule has 490 valence electrons. The number of nitrogen functional groups attached to an aromatic ring is 4. The Hall–Kier alpha value is -7.08. The van der Waals surface area contributed by atoms with Crippen molar-refractivity contribution >= 4 is 99.6 Å². The Kier molecular flexibility index (Phi) is 16.0. The van der Waals surface area contributed by atoms with Gasteiger partial charge in [-0.3, -0.25) is 83.8 Å². The van der Waals surface area contributed by atoms with Crippen LogP contribution in [0.25, 0.3) is 44.7 Å². The van der Waals surface area contributed by atoms with Gasteiger partial charge in [0.05, 0.1) is 51.7 Å². The summed E-state index contributed by atoms with van der Waals surface area (Å²) in [7, 11) is -20.4. The number of aliphatic hydroxyl groups is 4. The first kappa shape index (κ1) is 62.7. The number of aromatic nitrogens is 16. The molecule has 14 heterocycles. The monoisotopic (exact) mass is 1360 g/mol. The van der Waals surface area contributed by atoms with E-state index in [9.17, 15) is 72.6 Å². The van der Waals surface area contributed by atoms with E-state index in [1.807, 2.05) is 0 Å². The molecule has 6 aliphatic rings. The van der Waals surface area contributed by atoms with Crippen LogP contribution in [0.4, 0.5) is 23.7 Å². The summed E-state index contributed by atoms with van der Waals surface area (Å²) in [5.74, 6) is -0.811.